The highest BCUT2D eigenvalue weighted by molar-refractivity contribution is 6.02. The summed E-state index contributed by atoms with van der Waals surface area (Å²) in [5, 5.41) is 5.78. The van der Waals surface area contributed by atoms with Gasteiger partial charge in [-0.3, -0.25) is 9.59 Å². The molecule has 2 N–H and O–H groups in total. The van der Waals surface area contributed by atoms with Crippen molar-refractivity contribution in [2.24, 2.45) is 5.92 Å². The summed E-state index contributed by atoms with van der Waals surface area (Å²) >= 11 is 0. The number of hydrogen-bond donors (Lipinski definition) is 2. The Bertz CT molecular complexity index is 635. The first-order valence-electron chi connectivity index (χ1n) is 7.61. The minimum absolute atomic E-state index is 0.161. The van der Waals surface area contributed by atoms with Crippen molar-refractivity contribution in [2.75, 3.05) is 0 Å². The third-order valence-electron chi connectivity index (χ3n) is 4.12. The summed E-state index contributed by atoms with van der Waals surface area (Å²) in [6, 6.07) is 7.64. The summed E-state index contributed by atoms with van der Waals surface area (Å²) in [5.41, 5.74) is -0.180. The Balaban J connectivity index is 1.99. The molecule has 2 aliphatic rings. The van der Waals surface area contributed by atoms with E-state index in [2.05, 4.69) is 10.6 Å². The molecular weight excluding hydrogens is 280 g/mol. The van der Waals surface area contributed by atoms with Crippen molar-refractivity contribution in [1.29, 1.82) is 0 Å². The summed E-state index contributed by atoms with van der Waals surface area (Å²) in [6.07, 6.45) is 0.595. The first-order chi connectivity index (χ1) is 10.2. The topological polar surface area (TPSA) is 67.4 Å². The number of hydrogen-bond acceptors (Lipinski definition) is 3. The molecule has 1 fully saturated rings. The van der Waals surface area contributed by atoms with Crippen molar-refractivity contribution in [3.8, 4) is 5.75 Å². The molecule has 2 amide bonds. The number of fused-ring (bicyclic) bond motifs is 4. The first-order valence-corrected chi connectivity index (χ1v) is 7.61. The molecule has 118 valence electrons. The molecule has 2 bridgehead atoms. The van der Waals surface area contributed by atoms with Crippen LogP contribution in [0.5, 0.6) is 5.75 Å². The number of carbonyl (C=O) groups is 2. The molecule has 0 unspecified atom stereocenters. The second-order valence-electron chi connectivity index (χ2n) is 7.39. The van der Waals surface area contributed by atoms with Crippen LogP contribution >= 0.6 is 0 Å². The van der Waals surface area contributed by atoms with Crippen LogP contribution in [0.4, 0.5) is 0 Å². The maximum Gasteiger partial charge on any atom is 0.236 e. The Morgan fingerprint density at radius 3 is 2.73 bits per heavy atom. The third-order valence-corrected chi connectivity index (χ3v) is 4.12. The van der Waals surface area contributed by atoms with E-state index in [0.29, 0.717) is 6.42 Å². The summed E-state index contributed by atoms with van der Waals surface area (Å²) in [4.78, 5) is 25.1. The molecule has 0 saturated carbocycles. The predicted molar refractivity (Wildman–Crippen MR) is 82.4 cm³/mol. The lowest BCUT2D eigenvalue weighted by molar-refractivity contribution is -0.147. The Morgan fingerprint density at radius 1 is 1.36 bits per heavy atom. The highest BCUT2D eigenvalue weighted by Gasteiger charge is 2.51. The summed E-state index contributed by atoms with van der Waals surface area (Å²) in [5.74, 6) is -0.637. The summed E-state index contributed by atoms with van der Waals surface area (Å²) in [7, 11) is 0. The number of amides is 2. The Hall–Kier alpha value is -2.04. The van der Waals surface area contributed by atoms with Crippen molar-refractivity contribution in [2.45, 2.75) is 51.3 Å². The molecule has 0 radical (unpaired) electrons. The number of piperidine rings is 1. The molecule has 5 heteroatoms. The van der Waals surface area contributed by atoms with Crippen LogP contribution in [-0.2, 0) is 9.59 Å². The number of carbonyl (C=O) groups excluding carboxylic acids is 2. The molecule has 0 aromatic heterocycles. The van der Waals surface area contributed by atoms with E-state index in [-0.39, 0.29) is 23.3 Å². The van der Waals surface area contributed by atoms with Gasteiger partial charge in [0.15, 0.2) is 5.72 Å². The van der Waals surface area contributed by atoms with Gasteiger partial charge >= 0.3 is 0 Å². The van der Waals surface area contributed by atoms with E-state index in [9.17, 15) is 9.59 Å². The van der Waals surface area contributed by atoms with Gasteiger partial charge in [0.2, 0.25) is 11.8 Å². The fourth-order valence-electron chi connectivity index (χ4n) is 3.34. The molecule has 1 aromatic rings. The average molecular weight is 302 g/mol. The Morgan fingerprint density at radius 2 is 2.05 bits per heavy atom. The van der Waals surface area contributed by atoms with Crippen LogP contribution in [0.2, 0.25) is 0 Å². The average Bonchev–Trinajstić information content (AvgIpc) is 2.34. The highest BCUT2D eigenvalue weighted by Crippen LogP contribution is 2.46. The second kappa shape index (κ2) is 4.73. The number of benzene rings is 1. The molecule has 0 spiro atoms. The number of rotatable bonds is 1. The number of ether oxygens (including phenoxy) is 1. The molecule has 2 aliphatic heterocycles. The molecule has 1 saturated heterocycles. The lowest BCUT2D eigenvalue weighted by Gasteiger charge is -2.47. The SMILES string of the molecule is CC(C)(C)NC(=O)[C@H]1C(=O)N[C@@]2(C)C[C@H]1c1ccccc1O2. The molecular formula is C17H22N2O3. The van der Waals surface area contributed by atoms with Gasteiger partial charge in [-0.15, -0.1) is 0 Å². The zero-order chi connectivity index (χ0) is 16.1. The van der Waals surface area contributed by atoms with E-state index in [0.717, 1.165) is 11.3 Å². The van der Waals surface area contributed by atoms with E-state index in [1.54, 1.807) is 0 Å². The van der Waals surface area contributed by atoms with Crippen LogP contribution in [0.15, 0.2) is 24.3 Å². The largest absolute Gasteiger partial charge is 0.468 e. The monoisotopic (exact) mass is 302 g/mol. The minimum Gasteiger partial charge on any atom is -0.468 e. The molecule has 22 heavy (non-hydrogen) atoms. The van der Waals surface area contributed by atoms with Gasteiger partial charge < -0.3 is 15.4 Å². The second-order valence-corrected chi connectivity index (χ2v) is 7.39. The maximum atomic E-state index is 12.6. The van der Waals surface area contributed by atoms with Crippen molar-refractivity contribution < 1.29 is 14.3 Å². The van der Waals surface area contributed by atoms with Gasteiger partial charge in [-0.1, -0.05) is 18.2 Å². The van der Waals surface area contributed by atoms with Gasteiger partial charge in [0, 0.05) is 17.9 Å². The first kappa shape index (κ1) is 14.9. The van der Waals surface area contributed by atoms with Crippen LogP contribution in [0.3, 0.4) is 0 Å². The molecule has 0 aliphatic carbocycles. The van der Waals surface area contributed by atoms with Gasteiger partial charge in [-0.25, -0.2) is 0 Å². The maximum absolute atomic E-state index is 12.6. The van der Waals surface area contributed by atoms with Gasteiger partial charge in [0.25, 0.3) is 0 Å². The highest BCUT2D eigenvalue weighted by atomic mass is 16.5. The van der Waals surface area contributed by atoms with E-state index < -0.39 is 11.6 Å². The van der Waals surface area contributed by atoms with Crippen LogP contribution in [0.1, 0.15) is 45.6 Å². The van der Waals surface area contributed by atoms with E-state index in [4.69, 9.17) is 4.74 Å². The Labute approximate surface area is 130 Å². The van der Waals surface area contributed by atoms with Gasteiger partial charge in [0.1, 0.15) is 11.7 Å². The smallest absolute Gasteiger partial charge is 0.236 e. The molecule has 2 heterocycles. The quantitative estimate of drug-likeness (QED) is 0.779. The van der Waals surface area contributed by atoms with Crippen LogP contribution in [0, 0.1) is 5.92 Å². The predicted octanol–water partition coefficient (Wildman–Crippen LogP) is 1.93. The van der Waals surface area contributed by atoms with Crippen LogP contribution in [-0.4, -0.2) is 23.1 Å². The third kappa shape index (κ3) is 2.56. The van der Waals surface area contributed by atoms with Crippen molar-refractivity contribution in [3.05, 3.63) is 29.8 Å². The molecule has 5 nitrogen and oxygen atoms in total. The summed E-state index contributed by atoms with van der Waals surface area (Å²) in [6.45, 7) is 7.58. The zero-order valence-corrected chi connectivity index (χ0v) is 13.4. The molecule has 1 aromatic carbocycles. The Kier molecular flexibility index (Phi) is 3.20. The van der Waals surface area contributed by atoms with Crippen molar-refractivity contribution in [3.63, 3.8) is 0 Å². The van der Waals surface area contributed by atoms with Crippen LogP contribution in [0.25, 0.3) is 0 Å². The lowest BCUT2D eigenvalue weighted by atomic mass is 9.74. The fourth-order valence-corrected chi connectivity index (χ4v) is 3.34. The number of para-hydroxylation sites is 1. The molecule has 3 atom stereocenters. The summed E-state index contributed by atoms with van der Waals surface area (Å²) < 4.78 is 5.93. The van der Waals surface area contributed by atoms with Crippen molar-refractivity contribution >= 4 is 11.8 Å². The minimum atomic E-state index is -0.741. The standard InChI is InChI=1S/C17H22N2O3/c1-16(2,3)18-14(20)13-11-9-17(4,19-15(13)21)22-12-8-6-5-7-10(11)12/h5-8,11,13H,9H2,1-4H3,(H,18,20)(H,19,21)/t11-,13-,17+/m0/s1. The molecule has 3 rings (SSSR count). The lowest BCUT2D eigenvalue weighted by Crippen LogP contribution is -2.63. The normalized spacial score (nSPS) is 29.9. The van der Waals surface area contributed by atoms with E-state index >= 15 is 0 Å². The van der Waals surface area contributed by atoms with Gasteiger partial charge in [-0.2, -0.15) is 0 Å². The van der Waals surface area contributed by atoms with Gasteiger partial charge in [0.05, 0.1) is 0 Å². The van der Waals surface area contributed by atoms with Gasteiger partial charge in [-0.05, 0) is 39.3 Å². The van der Waals surface area contributed by atoms with E-state index in [1.807, 2.05) is 52.0 Å². The van der Waals surface area contributed by atoms with Crippen LogP contribution < -0.4 is 15.4 Å². The fraction of sp³-hybridized carbons (Fsp3) is 0.529. The number of nitrogens with one attached hydrogen (secondary N) is 2. The van der Waals surface area contributed by atoms with Crippen molar-refractivity contribution in [1.82, 2.24) is 10.6 Å². The van der Waals surface area contributed by atoms with E-state index in [1.165, 1.54) is 0 Å². The zero-order valence-electron chi connectivity index (χ0n) is 13.4.